The standard InChI is InChI=1S/C14H14Br2N2/c1-9-4-2-3-5-13(9)14(18-17)10-6-11(15)8-12(16)7-10/h2-8,14,18H,17H2,1H3. The molecule has 2 nitrogen and oxygen atoms in total. The molecule has 0 aliphatic rings. The molecule has 0 heterocycles. The van der Waals surface area contributed by atoms with Crippen molar-refractivity contribution in [2.24, 2.45) is 5.84 Å². The Bertz CT molecular complexity index is 535. The third-order valence-electron chi connectivity index (χ3n) is 2.88. The van der Waals surface area contributed by atoms with Crippen LogP contribution < -0.4 is 11.3 Å². The lowest BCUT2D eigenvalue weighted by molar-refractivity contribution is 0.633. The summed E-state index contributed by atoms with van der Waals surface area (Å²) in [5.74, 6) is 5.73. The molecule has 2 aromatic carbocycles. The van der Waals surface area contributed by atoms with Crippen LogP contribution in [0.3, 0.4) is 0 Å². The maximum atomic E-state index is 5.73. The van der Waals surface area contributed by atoms with Gasteiger partial charge in [-0.3, -0.25) is 5.84 Å². The SMILES string of the molecule is Cc1ccccc1C(NN)c1cc(Br)cc(Br)c1. The van der Waals surface area contributed by atoms with Crippen molar-refractivity contribution in [2.45, 2.75) is 13.0 Å². The van der Waals surface area contributed by atoms with Crippen LogP contribution in [0, 0.1) is 6.92 Å². The summed E-state index contributed by atoms with van der Waals surface area (Å²) in [7, 11) is 0. The number of hydrogen-bond acceptors (Lipinski definition) is 2. The molecule has 4 heteroatoms. The molecule has 18 heavy (non-hydrogen) atoms. The van der Waals surface area contributed by atoms with E-state index in [-0.39, 0.29) is 6.04 Å². The predicted octanol–water partition coefficient (Wildman–Crippen LogP) is 4.07. The van der Waals surface area contributed by atoms with Crippen LogP contribution in [0.25, 0.3) is 0 Å². The number of halogens is 2. The number of nitrogens with two attached hydrogens (primary N) is 1. The zero-order valence-electron chi connectivity index (χ0n) is 9.95. The zero-order chi connectivity index (χ0) is 13.1. The van der Waals surface area contributed by atoms with E-state index in [0.29, 0.717) is 0 Å². The lowest BCUT2D eigenvalue weighted by atomic mass is 9.96. The van der Waals surface area contributed by atoms with Gasteiger partial charge in [-0.2, -0.15) is 0 Å². The van der Waals surface area contributed by atoms with Crippen molar-refractivity contribution < 1.29 is 0 Å². The average molecular weight is 370 g/mol. The van der Waals surface area contributed by atoms with Crippen molar-refractivity contribution >= 4 is 31.9 Å². The van der Waals surface area contributed by atoms with Gasteiger partial charge in [-0.25, -0.2) is 5.43 Å². The molecule has 0 saturated heterocycles. The van der Waals surface area contributed by atoms with E-state index in [1.54, 1.807) is 0 Å². The molecule has 2 rings (SSSR count). The molecule has 0 spiro atoms. The smallest absolute Gasteiger partial charge is 0.0713 e. The van der Waals surface area contributed by atoms with E-state index in [4.69, 9.17) is 5.84 Å². The minimum Gasteiger partial charge on any atom is -0.271 e. The van der Waals surface area contributed by atoms with E-state index in [2.05, 4.69) is 68.5 Å². The average Bonchev–Trinajstić information content (AvgIpc) is 2.31. The summed E-state index contributed by atoms with van der Waals surface area (Å²) in [6.07, 6.45) is 0. The van der Waals surface area contributed by atoms with Gasteiger partial charge in [0.25, 0.3) is 0 Å². The highest BCUT2D eigenvalue weighted by molar-refractivity contribution is 9.11. The van der Waals surface area contributed by atoms with Gasteiger partial charge in [-0.1, -0.05) is 56.1 Å². The Morgan fingerprint density at radius 2 is 1.67 bits per heavy atom. The fourth-order valence-electron chi connectivity index (χ4n) is 2.02. The summed E-state index contributed by atoms with van der Waals surface area (Å²) in [6.45, 7) is 2.09. The van der Waals surface area contributed by atoms with Crippen LogP contribution in [0.4, 0.5) is 0 Å². The Labute approximate surface area is 124 Å². The highest BCUT2D eigenvalue weighted by Gasteiger charge is 2.15. The van der Waals surface area contributed by atoms with Gasteiger partial charge in [0.15, 0.2) is 0 Å². The number of hydrazine groups is 1. The first-order chi connectivity index (χ1) is 8.61. The molecule has 94 valence electrons. The Hall–Kier alpha value is -0.680. The Kier molecular flexibility index (Phi) is 4.56. The van der Waals surface area contributed by atoms with Gasteiger partial charge in [-0.15, -0.1) is 0 Å². The Morgan fingerprint density at radius 1 is 1.06 bits per heavy atom. The van der Waals surface area contributed by atoms with Crippen LogP contribution in [-0.2, 0) is 0 Å². The second kappa shape index (κ2) is 5.97. The number of benzene rings is 2. The highest BCUT2D eigenvalue weighted by atomic mass is 79.9. The lowest BCUT2D eigenvalue weighted by Crippen LogP contribution is -2.29. The fraction of sp³-hybridized carbons (Fsp3) is 0.143. The maximum absolute atomic E-state index is 5.73. The minimum absolute atomic E-state index is 0.0139. The second-order valence-electron chi connectivity index (χ2n) is 4.16. The van der Waals surface area contributed by atoms with E-state index in [1.807, 2.05) is 18.2 Å². The summed E-state index contributed by atoms with van der Waals surface area (Å²) in [4.78, 5) is 0. The van der Waals surface area contributed by atoms with E-state index in [1.165, 1.54) is 11.1 Å². The third kappa shape index (κ3) is 3.01. The second-order valence-corrected chi connectivity index (χ2v) is 5.99. The first kappa shape index (κ1) is 13.7. The number of aryl methyl sites for hydroxylation is 1. The monoisotopic (exact) mass is 368 g/mol. The van der Waals surface area contributed by atoms with Crippen LogP contribution >= 0.6 is 31.9 Å². The quantitative estimate of drug-likeness (QED) is 0.632. The van der Waals surface area contributed by atoms with Crippen LogP contribution in [-0.4, -0.2) is 0 Å². The summed E-state index contributed by atoms with van der Waals surface area (Å²) in [5.41, 5.74) is 6.41. The van der Waals surface area contributed by atoms with Gasteiger partial charge in [0.05, 0.1) is 6.04 Å². The molecule has 0 radical (unpaired) electrons. The molecule has 1 atom stereocenters. The summed E-state index contributed by atoms with van der Waals surface area (Å²) < 4.78 is 2.06. The molecule has 0 aliphatic carbocycles. The number of hydrogen-bond donors (Lipinski definition) is 2. The molecule has 0 bridgehead atoms. The van der Waals surface area contributed by atoms with E-state index < -0.39 is 0 Å². The molecule has 2 aromatic rings. The predicted molar refractivity (Wildman–Crippen MR) is 82.2 cm³/mol. The van der Waals surface area contributed by atoms with Crippen molar-refractivity contribution in [3.8, 4) is 0 Å². The largest absolute Gasteiger partial charge is 0.271 e. The first-order valence-corrected chi connectivity index (χ1v) is 7.18. The van der Waals surface area contributed by atoms with Gasteiger partial charge >= 0.3 is 0 Å². The fourth-order valence-corrected chi connectivity index (χ4v) is 3.35. The molecule has 0 fully saturated rings. The zero-order valence-corrected chi connectivity index (χ0v) is 13.1. The van der Waals surface area contributed by atoms with Gasteiger partial charge in [-0.05, 0) is 41.8 Å². The van der Waals surface area contributed by atoms with Gasteiger partial charge in [0.2, 0.25) is 0 Å². The van der Waals surface area contributed by atoms with Crippen LogP contribution in [0.2, 0.25) is 0 Å². The Morgan fingerprint density at radius 3 is 2.22 bits per heavy atom. The Balaban J connectivity index is 2.48. The summed E-state index contributed by atoms with van der Waals surface area (Å²) in [6, 6.07) is 14.4. The lowest BCUT2D eigenvalue weighted by Gasteiger charge is -2.19. The number of rotatable bonds is 3. The van der Waals surface area contributed by atoms with Crippen molar-refractivity contribution in [1.29, 1.82) is 0 Å². The molecule has 0 aromatic heterocycles. The van der Waals surface area contributed by atoms with Crippen molar-refractivity contribution in [3.05, 3.63) is 68.1 Å². The van der Waals surface area contributed by atoms with Crippen LogP contribution in [0.1, 0.15) is 22.7 Å². The third-order valence-corrected chi connectivity index (χ3v) is 3.80. The first-order valence-electron chi connectivity index (χ1n) is 5.59. The van der Waals surface area contributed by atoms with Crippen LogP contribution in [0.5, 0.6) is 0 Å². The maximum Gasteiger partial charge on any atom is 0.0713 e. The summed E-state index contributed by atoms with van der Waals surface area (Å²) in [5, 5.41) is 0. The normalized spacial score (nSPS) is 12.4. The van der Waals surface area contributed by atoms with E-state index in [0.717, 1.165) is 14.5 Å². The van der Waals surface area contributed by atoms with Crippen molar-refractivity contribution in [2.75, 3.05) is 0 Å². The minimum atomic E-state index is -0.0139. The van der Waals surface area contributed by atoms with E-state index >= 15 is 0 Å². The topological polar surface area (TPSA) is 38.0 Å². The van der Waals surface area contributed by atoms with E-state index in [9.17, 15) is 0 Å². The molecule has 3 N–H and O–H groups in total. The molecule has 1 unspecified atom stereocenters. The molecule has 0 aliphatic heterocycles. The summed E-state index contributed by atoms with van der Waals surface area (Å²) >= 11 is 7.01. The van der Waals surface area contributed by atoms with Gasteiger partial charge in [0.1, 0.15) is 0 Å². The molecule has 0 amide bonds. The van der Waals surface area contributed by atoms with Gasteiger partial charge < -0.3 is 0 Å². The van der Waals surface area contributed by atoms with Gasteiger partial charge in [0, 0.05) is 8.95 Å². The van der Waals surface area contributed by atoms with Crippen molar-refractivity contribution in [1.82, 2.24) is 5.43 Å². The number of nitrogens with one attached hydrogen (secondary N) is 1. The van der Waals surface area contributed by atoms with Crippen molar-refractivity contribution in [3.63, 3.8) is 0 Å². The highest BCUT2D eigenvalue weighted by Crippen LogP contribution is 2.29. The molecular formula is C14H14Br2N2. The van der Waals surface area contributed by atoms with Crippen LogP contribution in [0.15, 0.2) is 51.4 Å². The molecular weight excluding hydrogens is 356 g/mol. The molecule has 0 saturated carbocycles.